The molecule has 18 aromatic carbocycles. The van der Waals surface area contributed by atoms with E-state index in [2.05, 4.69) is 440 Å². The Morgan fingerprint density at radius 3 is 0.540 bits per heavy atom. The predicted molar refractivity (Wildman–Crippen MR) is 544 cm³/mol. The fraction of sp³-hybridized carbons (Fsp3) is 0. The number of benzene rings is 18. The Balaban J connectivity index is 0.000000130. The molecule has 0 aromatic heterocycles. The highest BCUT2D eigenvalue weighted by molar-refractivity contribution is 7.22. The van der Waals surface area contributed by atoms with Crippen molar-refractivity contribution in [2.75, 3.05) is 15.1 Å². The lowest BCUT2D eigenvalue weighted by Gasteiger charge is -2.37. The molecule has 0 fully saturated rings. The summed E-state index contributed by atoms with van der Waals surface area (Å²) in [7, 11) is -8.24. The average Bonchev–Trinajstić information content (AvgIpc) is 1.66. The van der Waals surface area contributed by atoms with Gasteiger partial charge in [0.05, 0.1) is 0 Å². The second-order valence-corrected chi connectivity index (χ2v) is 43.7. The van der Waals surface area contributed by atoms with Gasteiger partial charge >= 0.3 is 0 Å². The third kappa shape index (κ3) is 16.5. The van der Waals surface area contributed by atoms with Gasteiger partial charge < -0.3 is 16.5 Å². The van der Waals surface area contributed by atoms with Gasteiger partial charge in [-0.05, 0) is 241 Å². The van der Waals surface area contributed by atoms with Crippen LogP contribution in [0.2, 0.25) is 20.1 Å². The fourth-order valence-electron chi connectivity index (χ4n) is 18.2. The van der Waals surface area contributed by atoms with Crippen LogP contribution < -0.4 is 77.4 Å². The molecule has 0 spiro atoms. The summed E-state index contributed by atoms with van der Waals surface area (Å²) in [6.07, 6.45) is 13.5. The number of hydrogen-bond acceptors (Lipinski definition) is 3. The lowest BCUT2D eigenvalue weighted by Crippen LogP contribution is -2.75. The molecule has 0 saturated heterocycles. The number of nitrogens with zero attached hydrogens (tertiary/aromatic N) is 2. The Hall–Kier alpha value is -13.6. The van der Waals surface area contributed by atoms with Gasteiger partial charge in [-0.15, -0.1) is 0 Å². The zero-order chi connectivity index (χ0) is 84.1. The highest BCUT2D eigenvalue weighted by atomic mass is 35.5. The predicted octanol–water partition coefficient (Wildman–Crippen LogP) is 23.7. The van der Waals surface area contributed by atoms with E-state index in [-0.39, 0.29) is 1.43 Å². The van der Waals surface area contributed by atoms with E-state index in [1.165, 1.54) is 95.6 Å². The van der Waals surface area contributed by atoms with Gasteiger partial charge in [0.2, 0.25) is 0 Å². The van der Waals surface area contributed by atoms with Gasteiger partial charge in [0.1, 0.15) is 0 Å². The first-order chi connectivity index (χ1) is 61.1. The molecular weight excluding hydrogens is 1640 g/mol. The molecule has 21 rings (SSSR count). The minimum absolute atomic E-state index is 0. The summed E-state index contributed by atoms with van der Waals surface area (Å²) >= 11 is 26.3. The standard InChI is InChI=1S/C50H38N2Si.2C26H18Cl2Si.C12H11N.H/c1-7-19-41(20-8-1)51(42-21-9-2-10-22-42)45-35-33-39-31-32-40-34-36-46(52(43-23-11-3-12-24-43)44-25-13-4-14-26-44)38-50(40)53(49(39)37-45,47-27-15-5-16-28-47)48-29-17-6-18-30-48;2*27-21-15-13-19-11-12-20-14-16-22(28)18-26(20)29(25(19)17-21,23-7-3-1-4-8-23)24-9-5-2-6-10-24;1-3-7-11(8-4-1)13-12-9-5-2-6-10-12;/h1-38H;2*1-18H;1-10,13H;/q;;;;-1/i;;;;1+1. The normalized spacial score (nSPS) is 12.9. The maximum Gasteiger partial charge on any atom is 0.180 e. The van der Waals surface area contributed by atoms with Gasteiger partial charge in [0, 0.05) is 65.6 Å². The van der Waals surface area contributed by atoms with Gasteiger partial charge in [-0.3, -0.25) is 0 Å². The maximum atomic E-state index is 6.56. The SMILES string of the molecule is C1=Cc2ccc(N(c3ccccc3)c3ccccc3)cc2[Si](c2ccccc2)(c2ccccc2)c2cc(N(c3ccccc3)c3ccccc3)ccc21.Clc1ccc2c(c1)[Si](c1ccccc1)(c1ccccc1)c1cc(Cl)ccc1C=C2.Clc1ccc2c(c1)[Si](c1ccccc1)(c1ccccc1)c1cc(Cl)ccc1C=C2.[2H-].c1ccc(Nc2ccccc2)cc1. The van der Waals surface area contributed by atoms with Crippen molar-refractivity contribution < 1.29 is 1.43 Å². The molecule has 0 bridgehead atoms. The first kappa shape index (κ1) is 81.4. The van der Waals surface area contributed by atoms with Crippen LogP contribution in [0.15, 0.2) is 473 Å². The molecule has 3 aliphatic rings. The van der Waals surface area contributed by atoms with Crippen LogP contribution in [0.3, 0.4) is 0 Å². The van der Waals surface area contributed by atoms with Crippen LogP contribution in [0, 0.1) is 0 Å². The topological polar surface area (TPSA) is 18.5 Å². The fourth-order valence-corrected chi connectivity index (χ4v) is 34.8. The van der Waals surface area contributed by atoms with E-state index in [9.17, 15) is 0 Å². The molecular formula is C114H86Cl4N3Si3-. The van der Waals surface area contributed by atoms with E-state index in [1.807, 2.05) is 84.9 Å². The smallest absolute Gasteiger partial charge is 0.180 e. The first-order valence-corrected chi connectivity index (χ1v) is 49.2. The van der Waals surface area contributed by atoms with E-state index in [1.54, 1.807) is 0 Å². The van der Waals surface area contributed by atoms with E-state index < -0.39 is 24.2 Å². The molecule has 0 atom stereocenters. The van der Waals surface area contributed by atoms with E-state index in [0.29, 0.717) is 0 Å². The molecule has 1 N–H and O–H groups in total. The van der Waals surface area contributed by atoms with Crippen molar-refractivity contribution in [2.24, 2.45) is 0 Å². The van der Waals surface area contributed by atoms with Crippen molar-refractivity contribution in [1.29, 1.82) is 0 Å². The molecule has 598 valence electrons. The Kier molecular flexibility index (Phi) is 24.5. The summed E-state index contributed by atoms with van der Waals surface area (Å²) in [5, 5.41) is 22.2. The number of halogens is 4. The van der Waals surface area contributed by atoms with Gasteiger partial charge in [0.25, 0.3) is 0 Å². The molecule has 0 unspecified atom stereocenters. The molecule has 10 heteroatoms. The first-order valence-electron chi connectivity index (χ1n) is 41.7. The van der Waals surface area contributed by atoms with E-state index >= 15 is 0 Å². The molecule has 124 heavy (non-hydrogen) atoms. The van der Waals surface area contributed by atoms with E-state index in [0.717, 1.165) is 65.6 Å². The van der Waals surface area contributed by atoms with Crippen LogP contribution in [0.1, 0.15) is 34.8 Å². The summed E-state index contributed by atoms with van der Waals surface area (Å²) in [6.45, 7) is 0. The summed E-state index contributed by atoms with van der Waals surface area (Å²) in [4.78, 5) is 4.77. The van der Waals surface area contributed by atoms with Gasteiger partial charge in [-0.25, -0.2) is 0 Å². The van der Waals surface area contributed by atoms with Crippen LogP contribution in [0.25, 0.3) is 36.5 Å². The number of anilines is 8. The van der Waals surface area contributed by atoms with Crippen molar-refractivity contribution in [3.05, 3.63) is 527 Å². The Morgan fingerprint density at radius 2 is 0.339 bits per heavy atom. The zero-order valence-corrected chi connectivity index (χ0v) is 73.9. The highest BCUT2D eigenvalue weighted by Crippen LogP contribution is 2.39. The summed E-state index contributed by atoms with van der Waals surface area (Å²) in [5.74, 6) is 0. The number of fused-ring (bicyclic) bond motifs is 6. The van der Waals surface area contributed by atoms with Crippen molar-refractivity contribution >= 4 is 215 Å². The highest BCUT2D eigenvalue weighted by Gasteiger charge is 2.48. The monoisotopic (exact) mass is 1720 g/mol. The van der Waals surface area contributed by atoms with Crippen LogP contribution >= 0.6 is 46.4 Å². The third-order valence-corrected chi connectivity index (χ3v) is 39.1. The van der Waals surface area contributed by atoms with Crippen LogP contribution in [-0.2, 0) is 0 Å². The van der Waals surface area contributed by atoms with E-state index in [4.69, 9.17) is 46.4 Å². The second kappa shape index (κ2) is 37.4. The summed E-state index contributed by atoms with van der Waals surface area (Å²) < 4.78 is 0. The molecule has 0 radical (unpaired) electrons. The molecule has 3 heterocycles. The Morgan fingerprint density at radius 1 is 0.169 bits per heavy atom. The van der Waals surface area contributed by atoms with Gasteiger partial charge in [-0.2, -0.15) is 0 Å². The number of hydrogen-bond donors (Lipinski definition) is 1. The minimum Gasteiger partial charge on any atom is -1.00 e. The van der Waals surface area contributed by atoms with Crippen LogP contribution in [0.5, 0.6) is 0 Å². The third-order valence-electron chi connectivity index (χ3n) is 23.5. The van der Waals surface area contributed by atoms with Crippen molar-refractivity contribution in [2.45, 2.75) is 0 Å². The minimum atomic E-state index is -3.00. The average molecular weight is 1730 g/mol. The quantitative estimate of drug-likeness (QED) is 0.110. The van der Waals surface area contributed by atoms with Crippen molar-refractivity contribution in [1.82, 2.24) is 0 Å². The lowest BCUT2D eigenvalue weighted by atomic mass is 10.1. The second-order valence-electron chi connectivity index (χ2n) is 30.8. The number of rotatable bonds is 14. The molecule has 18 aromatic rings. The zero-order valence-electron chi connectivity index (χ0n) is 68.9. The Bertz CT molecular complexity index is 6110. The largest absolute Gasteiger partial charge is 1.00 e. The summed E-state index contributed by atoms with van der Waals surface area (Å²) in [6, 6.07) is 168. The maximum absolute atomic E-state index is 6.56. The number of para-hydroxylation sites is 6. The van der Waals surface area contributed by atoms with Gasteiger partial charge in [0.15, 0.2) is 24.2 Å². The number of nitrogens with one attached hydrogen (secondary N) is 1. The van der Waals surface area contributed by atoms with Crippen LogP contribution in [0.4, 0.5) is 45.5 Å². The molecule has 3 nitrogen and oxygen atoms in total. The molecule has 0 amide bonds. The van der Waals surface area contributed by atoms with Gasteiger partial charge in [-0.1, -0.05) is 410 Å². The van der Waals surface area contributed by atoms with Crippen LogP contribution in [-0.4, -0.2) is 24.2 Å². The summed E-state index contributed by atoms with van der Waals surface area (Å²) in [5.41, 5.74) is 16.3. The lowest BCUT2D eigenvalue weighted by molar-refractivity contribution is 1.28. The molecule has 0 saturated carbocycles. The molecule has 3 aliphatic heterocycles. The Labute approximate surface area is 751 Å². The molecule has 0 aliphatic carbocycles. The van der Waals surface area contributed by atoms with Crippen molar-refractivity contribution in [3.8, 4) is 0 Å². The van der Waals surface area contributed by atoms with Crippen molar-refractivity contribution in [3.63, 3.8) is 0 Å².